The lowest BCUT2D eigenvalue weighted by molar-refractivity contribution is -0.125. The van der Waals surface area contributed by atoms with E-state index in [1.807, 2.05) is 43.6 Å². The number of amides is 1. The normalized spacial score (nSPS) is 23.9. The molecule has 0 saturated heterocycles. The minimum Gasteiger partial charge on any atom is -0.508 e. The summed E-state index contributed by atoms with van der Waals surface area (Å²) in [5, 5.41) is 9.57. The monoisotopic (exact) mass is 479 g/mol. The summed E-state index contributed by atoms with van der Waals surface area (Å²) >= 11 is 0. The van der Waals surface area contributed by atoms with E-state index in [4.69, 9.17) is 9.73 Å². The number of hydrogen-bond acceptors (Lipinski definition) is 5. The first-order chi connectivity index (χ1) is 17.5. The molecule has 2 heterocycles. The highest BCUT2D eigenvalue weighted by Gasteiger charge is 2.35. The van der Waals surface area contributed by atoms with Crippen LogP contribution in [0.3, 0.4) is 0 Å². The van der Waals surface area contributed by atoms with E-state index in [1.54, 1.807) is 35.2 Å². The number of fused-ring (bicyclic) bond motifs is 1. The van der Waals surface area contributed by atoms with Crippen LogP contribution in [0.1, 0.15) is 31.4 Å². The standard InChI is InChI=1S/C30H29N3O3/c1-3-36-25-14-10-22(11-15-25)28-19-33-29(26(32-28)17-23-7-5-4-6-20(23)2)18-31-27(30(33)35)16-21-8-12-24(34)13-9-21/h4-16,18-20,23,29,34H,3,17H2,1-2H3/b27-16-. The van der Waals surface area contributed by atoms with Crippen molar-refractivity contribution < 1.29 is 14.6 Å². The van der Waals surface area contributed by atoms with Crippen LogP contribution in [0.25, 0.3) is 11.8 Å². The van der Waals surface area contributed by atoms with Crippen molar-refractivity contribution >= 4 is 29.6 Å². The summed E-state index contributed by atoms with van der Waals surface area (Å²) < 4.78 is 5.59. The Morgan fingerprint density at radius 2 is 1.81 bits per heavy atom. The highest BCUT2D eigenvalue weighted by molar-refractivity contribution is 6.15. The van der Waals surface area contributed by atoms with Crippen LogP contribution in [-0.4, -0.2) is 40.5 Å². The quantitative estimate of drug-likeness (QED) is 0.545. The van der Waals surface area contributed by atoms with Crippen LogP contribution in [-0.2, 0) is 4.79 Å². The number of aliphatic imine (C=N–C) groups is 2. The molecule has 6 nitrogen and oxygen atoms in total. The van der Waals surface area contributed by atoms with Gasteiger partial charge in [-0.05, 0) is 73.2 Å². The molecule has 0 spiro atoms. The summed E-state index contributed by atoms with van der Waals surface area (Å²) in [5.41, 5.74) is 3.70. The molecule has 0 fully saturated rings. The lowest BCUT2D eigenvalue weighted by atomic mass is 9.84. The third-order valence-electron chi connectivity index (χ3n) is 6.64. The molecule has 6 heteroatoms. The van der Waals surface area contributed by atoms with Crippen molar-refractivity contribution in [3.8, 4) is 11.5 Å². The molecular formula is C30H29N3O3. The molecule has 0 bridgehead atoms. The predicted molar refractivity (Wildman–Crippen MR) is 144 cm³/mol. The average molecular weight is 480 g/mol. The second kappa shape index (κ2) is 10.2. The van der Waals surface area contributed by atoms with E-state index >= 15 is 0 Å². The van der Waals surface area contributed by atoms with Gasteiger partial charge in [0, 0.05) is 23.7 Å². The minimum absolute atomic E-state index is 0.177. The average Bonchev–Trinajstić information content (AvgIpc) is 2.89. The van der Waals surface area contributed by atoms with Crippen LogP contribution in [0, 0.1) is 11.8 Å². The maximum Gasteiger partial charge on any atom is 0.277 e. The Balaban J connectivity index is 1.51. The van der Waals surface area contributed by atoms with Gasteiger partial charge < -0.3 is 9.84 Å². The zero-order valence-electron chi connectivity index (χ0n) is 20.4. The van der Waals surface area contributed by atoms with Gasteiger partial charge in [0.1, 0.15) is 23.2 Å². The Hall–Kier alpha value is -4.19. The molecule has 3 unspecified atom stereocenters. The number of phenolic OH excluding ortho intramolecular Hbond substituents is 1. The first kappa shape index (κ1) is 23.5. The summed E-state index contributed by atoms with van der Waals surface area (Å²) in [6.45, 7) is 4.76. The number of carbonyl (C=O) groups excluding carboxylic acids is 1. The van der Waals surface area contributed by atoms with E-state index in [-0.39, 0.29) is 17.7 Å². The molecule has 3 atom stereocenters. The van der Waals surface area contributed by atoms with Crippen molar-refractivity contribution in [3.05, 3.63) is 95.9 Å². The fourth-order valence-electron chi connectivity index (χ4n) is 4.58. The second-order valence-corrected chi connectivity index (χ2v) is 9.13. The van der Waals surface area contributed by atoms with E-state index in [9.17, 15) is 9.90 Å². The van der Waals surface area contributed by atoms with Gasteiger partial charge in [-0.1, -0.05) is 43.4 Å². The zero-order chi connectivity index (χ0) is 25.1. The van der Waals surface area contributed by atoms with E-state index in [0.29, 0.717) is 24.1 Å². The predicted octanol–water partition coefficient (Wildman–Crippen LogP) is 5.64. The minimum atomic E-state index is -0.326. The van der Waals surface area contributed by atoms with Gasteiger partial charge in [-0.2, -0.15) is 0 Å². The third kappa shape index (κ3) is 4.93. The molecule has 1 N–H and O–H groups in total. The summed E-state index contributed by atoms with van der Waals surface area (Å²) in [7, 11) is 0. The van der Waals surface area contributed by atoms with Crippen molar-refractivity contribution in [2.75, 3.05) is 6.61 Å². The van der Waals surface area contributed by atoms with Crippen molar-refractivity contribution in [1.29, 1.82) is 0 Å². The fraction of sp³-hybridized carbons (Fsp3) is 0.233. The molecule has 182 valence electrons. The number of phenols is 1. The largest absolute Gasteiger partial charge is 0.508 e. The van der Waals surface area contributed by atoms with Gasteiger partial charge in [-0.25, -0.2) is 0 Å². The third-order valence-corrected chi connectivity index (χ3v) is 6.64. The fourth-order valence-corrected chi connectivity index (χ4v) is 4.58. The van der Waals surface area contributed by atoms with Gasteiger partial charge in [-0.15, -0.1) is 0 Å². The molecule has 3 aliphatic rings. The van der Waals surface area contributed by atoms with Gasteiger partial charge in [0.05, 0.1) is 12.3 Å². The first-order valence-corrected chi connectivity index (χ1v) is 12.3. The number of carbonyl (C=O) groups is 1. The Morgan fingerprint density at radius 3 is 2.53 bits per heavy atom. The van der Waals surface area contributed by atoms with E-state index in [1.165, 1.54) is 0 Å². The maximum absolute atomic E-state index is 13.6. The van der Waals surface area contributed by atoms with Crippen LogP contribution < -0.4 is 4.74 Å². The number of rotatable bonds is 6. The Morgan fingerprint density at radius 1 is 1.06 bits per heavy atom. The number of ether oxygens (including phenoxy) is 1. The molecule has 2 aliphatic heterocycles. The zero-order valence-corrected chi connectivity index (χ0v) is 20.4. The molecule has 1 amide bonds. The molecule has 0 aromatic heterocycles. The number of nitrogens with zero attached hydrogens (tertiary/aromatic N) is 3. The summed E-state index contributed by atoms with van der Waals surface area (Å²) in [6, 6.07) is 14.2. The molecule has 2 aromatic carbocycles. The molecule has 0 radical (unpaired) electrons. The lowest BCUT2D eigenvalue weighted by Gasteiger charge is -2.35. The topological polar surface area (TPSA) is 74.5 Å². The Bertz CT molecular complexity index is 1310. The highest BCUT2D eigenvalue weighted by atomic mass is 16.5. The van der Waals surface area contributed by atoms with Crippen molar-refractivity contribution in [2.24, 2.45) is 21.8 Å². The molecule has 5 rings (SSSR count). The van der Waals surface area contributed by atoms with Crippen molar-refractivity contribution in [3.63, 3.8) is 0 Å². The SMILES string of the molecule is CCOc1ccc(C2=CN3C(=O)/C(=C/c4ccc(O)cc4)N=CC3C(CC3C=CC=CC3C)=N2)cc1. The van der Waals surface area contributed by atoms with Crippen LogP contribution in [0.5, 0.6) is 11.5 Å². The Labute approximate surface area is 211 Å². The van der Waals surface area contributed by atoms with Crippen molar-refractivity contribution in [1.82, 2.24) is 4.90 Å². The highest BCUT2D eigenvalue weighted by Crippen LogP contribution is 2.32. The molecule has 36 heavy (non-hydrogen) atoms. The number of allylic oxidation sites excluding steroid dienone is 4. The van der Waals surface area contributed by atoms with Gasteiger partial charge in [0.25, 0.3) is 5.91 Å². The second-order valence-electron chi connectivity index (χ2n) is 9.13. The number of aromatic hydroxyl groups is 1. The van der Waals surface area contributed by atoms with Crippen LogP contribution in [0.15, 0.2) is 94.7 Å². The molecule has 1 aliphatic carbocycles. The van der Waals surface area contributed by atoms with Gasteiger partial charge in [0.2, 0.25) is 0 Å². The molecule has 2 aromatic rings. The van der Waals surface area contributed by atoms with Crippen LogP contribution in [0.4, 0.5) is 0 Å². The summed E-state index contributed by atoms with van der Waals surface area (Å²) in [4.78, 5) is 24.9. The lowest BCUT2D eigenvalue weighted by Crippen LogP contribution is -2.48. The van der Waals surface area contributed by atoms with Crippen molar-refractivity contribution in [2.45, 2.75) is 26.3 Å². The van der Waals surface area contributed by atoms with E-state index < -0.39 is 0 Å². The number of benzene rings is 2. The van der Waals surface area contributed by atoms with E-state index in [0.717, 1.165) is 34.7 Å². The summed E-state index contributed by atoms with van der Waals surface area (Å²) in [6.07, 6.45) is 14.7. The molecular weight excluding hydrogens is 450 g/mol. The van der Waals surface area contributed by atoms with E-state index in [2.05, 4.69) is 36.2 Å². The summed E-state index contributed by atoms with van der Waals surface area (Å²) in [5.74, 6) is 1.47. The first-order valence-electron chi connectivity index (χ1n) is 12.3. The van der Waals surface area contributed by atoms with Crippen LogP contribution >= 0.6 is 0 Å². The smallest absolute Gasteiger partial charge is 0.277 e. The van der Waals surface area contributed by atoms with Crippen LogP contribution in [0.2, 0.25) is 0 Å². The van der Waals surface area contributed by atoms with Gasteiger partial charge in [0.15, 0.2) is 0 Å². The Kier molecular flexibility index (Phi) is 6.67. The van der Waals surface area contributed by atoms with Gasteiger partial charge in [-0.3, -0.25) is 19.7 Å². The molecule has 0 saturated carbocycles. The number of hydrogen-bond donors (Lipinski definition) is 1. The maximum atomic E-state index is 13.6. The van der Waals surface area contributed by atoms with Gasteiger partial charge >= 0.3 is 0 Å².